The van der Waals surface area contributed by atoms with Crippen LogP contribution in [0, 0.1) is 0 Å². The molecule has 0 saturated carbocycles. The maximum absolute atomic E-state index is 11.7. The molecule has 0 heterocycles. The summed E-state index contributed by atoms with van der Waals surface area (Å²) >= 11 is 0. The van der Waals surface area contributed by atoms with E-state index < -0.39 is 31.1 Å². The second-order valence-electron chi connectivity index (χ2n) is 2.61. The van der Waals surface area contributed by atoms with Crippen LogP contribution in [-0.2, 0) is 0 Å². The zero-order valence-corrected chi connectivity index (χ0v) is 8.92. The highest BCUT2D eigenvalue weighted by atomic mass is 28.5. The summed E-state index contributed by atoms with van der Waals surface area (Å²) in [4.78, 5) is 0. The van der Waals surface area contributed by atoms with Gasteiger partial charge in [-0.05, 0) is 0 Å². The van der Waals surface area contributed by atoms with Gasteiger partial charge >= 0.3 is 9.08 Å². The van der Waals surface area contributed by atoms with Crippen molar-refractivity contribution in [3.63, 3.8) is 0 Å². The minimum Gasteiger partial charge on any atom is -0.238 e. The molecule has 74 valence electrons. The first-order valence-corrected chi connectivity index (χ1v) is 7.61. The first kappa shape index (κ1) is 12.1. The molecule has 0 aromatic carbocycles. The summed E-state index contributed by atoms with van der Waals surface area (Å²) in [5.41, 5.74) is 0. The van der Waals surface area contributed by atoms with Crippen LogP contribution >= 0.6 is 0 Å². The molecule has 0 unspecified atom stereocenters. The molecular weight excluding hydrogens is 211 g/mol. The van der Waals surface area contributed by atoms with Crippen LogP contribution in [0.1, 0.15) is 6.42 Å². The predicted molar refractivity (Wildman–Crippen MR) is 42.7 cm³/mol. The van der Waals surface area contributed by atoms with Crippen molar-refractivity contribution in [1.29, 1.82) is 0 Å². The Morgan fingerprint density at radius 3 is 2.08 bits per heavy atom. The normalized spacial score (nSPS) is 13.5. The average Bonchev–Trinajstić information content (AvgIpc) is 1.83. The van der Waals surface area contributed by atoms with E-state index in [1.807, 2.05) is 0 Å². The van der Waals surface area contributed by atoms with Crippen LogP contribution in [0.3, 0.4) is 0 Å². The molecule has 0 fully saturated rings. The summed E-state index contributed by atoms with van der Waals surface area (Å²) in [5, 5.41) is 0. The second-order valence-corrected chi connectivity index (χ2v) is 6.46. The van der Waals surface area contributed by atoms with E-state index in [4.69, 9.17) is 0 Å². The lowest BCUT2D eigenvalue weighted by Gasteiger charge is -2.01. The van der Waals surface area contributed by atoms with Crippen LogP contribution in [0.5, 0.6) is 0 Å². The minimum absolute atomic E-state index is 0.155. The highest BCUT2D eigenvalue weighted by Crippen LogP contribution is 2.17. The van der Waals surface area contributed by atoms with Crippen molar-refractivity contribution in [3.8, 4) is 0 Å². The highest BCUT2D eigenvalue weighted by molar-refractivity contribution is 6.59. The summed E-state index contributed by atoms with van der Waals surface area (Å²) in [7, 11) is -6.26. The van der Waals surface area contributed by atoms with Gasteiger partial charge in [0, 0.05) is 22.0 Å². The molecule has 0 atom stereocenters. The predicted octanol–water partition coefficient (Wildman–Crippen LogP) is 2.49. The molecule has 0 aliphatic heterocycles. The summed E-state index contributed by atoms with van der Waals surface area (Å²) < 4.78 is 58.0. The molecule has 0 spiro atoms. The van der Waals surface area contributed by atoms with Gasteiger partial charge in [0.15, 0.2) is 0 Å². The first-order chi connectivity index (χ1) is 5.42. The van der Waals surface area contributed by atoms with Crippen molar-refractivity contribution in [2.24, 2.45) is 0 Å². The zero-order valence-electron chi connectivity index (χ0n) is 6.50. The lowest BCUT2D eigenvalue weighted by Crippen LogP contribution is -2.14. The Hall–Kier alpha value is 0.0838. The van der Waals surface area contributed by atoms with Gasteiger partial charge in [0.05, 0.1) is 0 Å². The molecule has 0 aromatic rings. The number of alkyl halides is 2. The SMILES string of the molecule is FC(F)CC[SiH2]CC[Si](F)(F)F. The van der Waals surface area contributed by atoms with Crippen LogP contribution < -0.4 is 0 Å². The van der Waals surface area contributed by atoms with Crippen LogP contribution in [0.15, 0.2) is 0 Å². The molecule has 0 saturated heterocycles. The standard InChI is InChI=1S/C5H11F5Si2/c6-5(7)1-2-11-3-4-12(8,9)10/h5H,1-4,11H2. The van der Waals surface area contributed by atoms with E-state index in [2.05, 4.69) is 0 Å². The van der Waals surface area contributed by atoms with E-state index in [-0.39, 0.29) is 12.5 Å². The largest absolute Gasteiger partial charge is 0.615 e. The summed E-state index contributed by atoms with van der Waals surface area (Å²) in [6.07, 6.45) is -2.56. The third-order valence-corrected chi connectivity index (χ3v) is 4.77. The molecule has 0 radical (unpaired) electrons. The second kappa shape index (κ2) is 5.68. The molecule has 0 bridgehead atoms. The molecule has 0 N–H and O–H groups in total. The number of halogens is 5. The molecule has 0 aliphatic carbocycles. The van der Waals surface area contributed by atoms with Crippen molar-refractivity contribution in [2.75, 3.05) is 0 Å². The van der Waals surface area contributed by atoms with Gasteiger partial charge in [0.1, 0.15) is 0 Å². The van der Waals surface area contributed by atoms with Crippen molar-refractivity contribution in [2.45, 2.75) is 31.0 Å². The summed E-state index contributed by atoms with van der Waals surface area (Å²) in [6, 6.07) is -0.174. The van der Waals surface area contributed by atoms with E-state index in [9.17, 15) is 21.1 Å². The zero-order chi connectivity index (χ0) is 9.61. The number of rotatable bonds is 6. The summed E-state index contributed by atoms with van der Waals surface area (Å²) in [6.45, 7) is 0. The van der Waals surface area contributed by atoms with Gasteiger partial charge in [-0.3, -0.25) is 0 Å². The van der Waals surface area contributed by atoms with Crippen molar-refractivity contribution in [1.82, 2.24) is 0 Å². The van der Waals surface area contributed by atoms with Crippen LogP contribution in [0.2, 0.25) is 18.1 Å². The van der Waals surface area contributed by atoms with E-state index in [1.54, 1.807) is 0 Å². The topological polar surface area (TPSA) is 0 Å². The molecule has 0 nitrogen and oxygen atoms in total. The molecule has 0 aliphatic rings. The Balaban J connectivity index is 3.12. The maximum Gasteiger partial charge on any atom is 0.615 e. The fourth-order valence-electron chi connectivity index (χ4n) is 0.801. The molecule has 0 aromatic heterocycles. The fraction of sp³-hybridized carbons (Fsp3) is 1.00. The Morgan fingerprint density at radius 2 is 1.67 bits per heavy atom. The first-order valence-electron chi connectivity index (χ1n) is 3.77. The van der Waals surface area contributed by atoms with Crippen LogP contribution in [-0.4, -0.2) is 25.0 Å². The summed E-state index contributed by atoms with van der Waals surface area (Å²) in [5.74, 6) is 0. The highest BCUT2D eigenvalue weighted by Gasteiger charge is 2.35. The number of hydrogen-bond donors (Lipinski definition) is 0. The Labute approximate surface area is 71.5 Å². The van der Waals surface area contributed by atoms with Crippen molar-refractivity contribution in [3.05, 3.63) is 0 Å². The van der Waals surface area contributed by atoms with Gasteiger partial charge in [0.25, 0.3) is 0 Å². The van der Waals surface area contributed by atoms with E-state index in [1.165, 1.54) is 0 Å². The molecule has 12 heavy (non-hydrogen) atoms. The fourth-order valence-corrected chi connectivity index (χ4v) is 4.36. The van der Waals surface area contributed by atoms with E-state index in [0.29, 0.717) is 6.04 Å². The van der Waals surface area contributed by atoms with Gasteiger partial charge in [-0.2, -0.15) is 0 Å². The third-order valence-electron chi connectivity index (χ3n) is 1.38. The Morgan fingerprint density at radius 1 is 1.08 bits per heavy atom. The van der Waals surface area contributed by atoms with Gasteiger partial charge in [-0.15, -0.1) is 0 Å². The monoisotopic (exact) mass is 222 g/mol. The quantitative estimate of drug-likeness (QED) is 0.280. The third kappa shape index (κ3) is 10.1. The average molecular weight is 222 g/mol. The maximum atomic E-state index is 11.7. The van der Waals surface area contributed by atoms with E-state index >= 15 is 0 Å². The minimum atomic E-state index is -5.39. The lowest BCUT2D eigenvalue weighted by molar-refractivity contribution is 0.144. The van der Waals surface area contributed by atoms with Crippen LogP contribution in [0.25, 0.3) is 0 Å². The molecule has 0 amide bonds. The molecular formula is C5H11F5Si2. The van der Waals surface area contributed by atoms with Gasteiger partial charge in [0.2, 0.25) is 6.43 Å². The Bertz CT molecular complexity index is 113. The van der Waals surface area contributed by atoms with Gasteiger partial charge in [-0.25, -0.2) is 21.1 Å². The Kier molecular flexibility index (Phi) is 5.72. The van der Waals surface area contributed by atoms with Gasteiger partial charge in [-0.1, -0.05) is 12.1 Å². The smallest absolute Gasteiger partial charge is 0.238 e. The molecule has 7 heteroatoms. The number of hydrogen-bond acceptors (Lipinski definition) is 0. The van der Waals surface area contributed by atoms with E-state index in [0.717, 1.165) is 0 Å². The van der Waals surface area contributed by atoms with Crippen molar-refractivity contribution < 1.29 is 21.1 Å². The molecule has 0 rings (SSSR count). The lowest BCUT2D eigenvalue weighted by atomic mass is 10.5. The van der Waals surface area contributed by atoms with Crippen LogP contribution in [0.4, 0.5) is 21.1 Å². The van der Waals surface area contributed by atoms with Crippen molar-refractivity contribution >= 4 is 18.6 Å². The van der Waals surface area contributed by atoms with Gasteiger partial charge < -0.3 is 0 Å².